The van der Waals surface area contributed by atoms with Crippen LogP contribution >= 0.6 is 0 Å². The van der Waals surface area contributed by atoms with Gasteiger partial charge in [-0.1, -0.05) is 53.4 Å². The molecule has 2 heteroatoms. The second-order valence-corrected chi connectivity index (χ2v) is 5.62. The number of rotatable bonds is 8. The van der Waals surface area contributed by atoms with Crippen LogP contribution in [0.5, 0.6) is 0 Å². The number of aldehydes is 1. The van der Waals surface area contributed by atoms with Gasteiger partial charge in [0.05, 0.1) is 0 Å². The number of ketones is 1. The molecule has 0 aromatic heterocycles. The Kier molecular flexibility index (Phi) is 7.27. The van der Waals surface area contributed by atoms with Gasteiger partial charge in [0.15, 0.2) is 0 Å². The molecule has 0 radical (unpaired) electrons. The molecule has 0 unspecified atom stereocenters. The third-order valence-electron chi connectivity index (χ3n) is 2.91. The minimum atomic E-state index is -0.315. The van der Waals surface area contributed by atoms with E-state index in [9.17, 15) is 9.59 Å². The fourth-order valence-electron chi connectivity index (χ4n) is 1.60. The zero-order chi connectivity index (χ0) is 12.6. The molecule has 0 aliphatic heterocycles. The lowest BCUT2D eigenvalue weighted by Crippen LogP contribution is -2.23. The Morgan fingerprint density at radius 1 is 1.19 bits per heavy atom. The number of Topliss-reactive ketones (excluding diaryl/α,β-unsaturated/α-hetero) is 1. The molecule has 0 bridgehead atoms. The molecule has 0 aromatic carbocycles. The van der Waals surface area contributed by atoms with E-state index in [0.717, 1.165) is 19.1 Å². The Balaban J connectivity index is 3.92. The molecule has 0 saturated carbocycles. The maximum Gasteiger partial charge on any atom is 0.138 e. The standard InChI is InChI=1S/C14H26O2/c1-5-6-7-8-9-12(11-15)10-13(16)14(2,3)4/h11-12H,5-10H2,1-4H3/t12-/m1/s1. The number of unbranched alkanes of at least 4 members (excludes halogenated alkanes) is 3. The summed E-state index contributed by atoms with van der Waals surface area (Å²) in [7, 11) is 0. The van der Waals surface area contributed by atoms with Crippen molar-refractivity contribution in [2.45, 2.75) is 66.2 Å². The van der Waals surface area contributed by atoms with Gasteiger partial charge in [-0.2, -0.15) is 0 Å². The van der Waals surface area contributed by atoms with E-state index in [2.05, 4.69) is 6.92 Å². The summed E-state index contributed by atoms with van der Waals surface area (Å²) in [6, 6.07) is 0. The molecule has 2 nitrogen and oxygen atoms in total. The first-order chi connectivity index (χ1) is 7.41. The quantitative estimate of drug-likeness (QED) is 0.466. The Labute approximate surface area is 99.8 Å². The highest BCUT2D eigenvalue weighted by molar-refractivity contribution is 5.85. The van der Waals surface area contributed by atoms with Gasteiger partial charge in [0.2, 0.25) is 0 Å². The number of hydrogen-bond donors (Lipinski definition) is 0. The highest BCUT2D eigenvalue weighted by Crippen LogP contribution is 2.21. The van der Waals surface area contributed by atoms with E-state index in [-0.39, 0.29) is 17.1 Å². The van der Waals surface area contributed by atoms with Crippen molar-refractivity contribution >= 4 is 12.1 Å². The van der Waals surface area contributed by atoms with Crippen molar-refractivity contribution in [1.29, 1.82) is 0 Å². The van der Waals surface area contributed by atoms with Crippen molar-refractivity contribution in [3.05, 3.63) is 0 Å². The summed E-state index contributed by atoms with van der Waals surface area (Å²) in [5.41, 5.74) is -0.315. The van der Waals surface area contributed by atoms with Crippen LogP contribution in [-0.2, 0) is 9.59 Å². The minimum absolute atomic E-state index is 0.0661. The van der Waals surface area contributed by atoms with E-state index in [1.807, 2.05) is 20.8 Å². The van der Waals surface area contributed by atoms with E-state index >= 15 is 0 Å². The van der Waals surface area contributed by atoms with E-state index in [0.29, 0.717) is 6.42 Å². The van der Waals surface area contributed by atoms with Crippen LogP contribution < -0.4 is 0 Å². The fourth-order valence-corrected chi connectivity index (χ4v) is 1.60. The van der Waals surface area contributed by atoms with E-state index in [1.54, 1.807) is 0 Å². The summed E-state index contributed by atoms with van der Waals surface area (Å²) >= 11 is 0. The first-order valence-corrected chi connectivity index (χ1v) is 6.40. The molecule has 0 heterocycles. The summed E-state index contributed by atoms with van der Waals surface area (Å²) in [4.78, 5) is 22.6. The second kappa shape index (κ2) is 7.59. The molecule has 1 atom stereocenters. The van der Waals surface area contributed by atoms with Crippen LogP contribution in [-0.4, -0.2) is 12.1 Å². The van der Waals surface area contributed by atoms with Crippen molar-refractivity contribution in [3.63, 3.8) is 0 Å². The van der Waals surface area contributed by atoms with Crippen LogP contribution in [0.2, 0.25) is 0 Å². The Bertz CT molecular complexity index is 213. The molecule has 0 saturated heterocycles. The Morgan fingerprint density at radius 3 is 2.25 bits per heavy atom. The highest BCUT2D eigenvalue weighted by atomic mass is 16.1. The van der Waals surface area contributed by atoms with Crippen LogP contribution in [0.4, 0.5) is 0 Å². The van der Waals surface area contributed by atoms with Gasteiger partial charge in [-0.25, -0.2) is 0 Å². The summed E-state index contributed by atoms with van der Waals surface area (Å²) in [6.45, 7) is 7.90. The number of hydrogen-bond acceptors (Lipinski definition) is 2. The fraction of sp³-hybridized carbons (Fsp3) is 0.857. The smallest absolute Gasteiger partial charge is 0.138 e. The lowest BCUT2D eigenvalue weighted by molar-refractivity contribution is -0.129. The van der Waals surface area contributed by atoms with Crippen molar-refractivity contribution in [2.75, 3.05) is 0 Å². The largest absolute Gasteiger partial charge is 0.303 e. The van der Waals surface area contributed by atoms with Gasteiger partial charge in [0.1, 0.15) is 12.1 Å². The van der Waals surface area contributed by atoms with E-state index in [1.165, 1.54) is 19.3 Å². The maximum atomic E-state index is 11.8. The average Bonchev–Trinajstić information content (AvgIpc) is 2.20. The van der Waals surface area contributed by atoms with Crippen molar-refractivity contribution in [2.24, 2.45) is 11.3 Å². The van der Waals surface area contributed by atoms with Gasteiger partial charge in [-0.05, 0) is 6.42 Å². The molecular formula is C14H26O2. The van der Waals surface area contributed by atoms with Crippen molar-refractivity contribution in [3.8, 4) is 0 Å². The summed E-state index contributed by atoms with van der Waals surface area (Å²) in [5, 5.41) is 0. The maximum absolute atomic E-state index is 11.8. The first-order valence-electron chi connectivity index (χ1n) is 6.40. The summed E-state index contributed by atoms with van der Waals surface area (Å²) in [5.74, 6) is 0.128. The lowest BCUT2D eigenvalue weighted by atomic mass is 9.84. The van der Waals surface area contributed by atoms with Crippen LogP contribution in [0.1, 0.15) is 66.2 Å². The number of carbonyl (C=O) groups excluding carboxylic acids is 2. The van der Waals surface area contributed by atoms with Gasteiger partial charge in [0, 0.05) is 17.8 Å². The summed E-state index contributed by atoms with van der Waals surface area (Å²) in [6.07, 6.45) is 6.89. The molecule has 0 aliphatic rings. The third kappa shape index (κ3) is 6.76. The van der Waals surface area contributed by atoms with Crippen molar-refractivity contribution < 1.29 is 9.59 Å². The molecule has 0 spiro atoms. The lowest BCUT2D eigenvalue weighted by Gasteiger charge is -2.19. The van der Waals surface area contributed by atoms with E-state index in [4.69, 9.17) is 0 Å². The molecule has 94 valence electrons. The third-order valence-corrected chi connectivity index (χ3v) is 2.91. The number of carbonyl (C=O) groups is 2. The van der Waals surface area contributed by atoms with Gasteiger partial charge >= 0.3 is 0 Å². The van der Waals surface area contributed by atoms with Crippen LogP contribution in [0.3, 0.4) is 0 Å². The normalized spacial score (nSPS) is 13.5. The molecule has 0 fully saturated rings. The Morgan fingerprint density at radius 2 is 1.81 bits per heavy atom. The van der Waals surface area contributed by atoms with Crippen LogP contribution in [0.25, 0.3) is 0 Å². The first kappa shape index (κ1) is 15.3. The highest BCUT2D eigenvalue weighted by Gasteiger charge is 2.24. The van der Waals surface area contributed by atoms with E-state index < -0.39 is 0 Å². The van der Waals surface area contributed by atoms with Gasteiger partial charge in [-0.15, -0.1) is 0 Å². The molecular weight excluding hydrogens is 200 g/mol. The molecule has 0 aliphatic carbocycles. The molecule has 0 amide bonds. The zero-order valence-electron chi connectivity index (χ0n) is 11.2. The Hall–Kier alpha value is -0.660. The second-order valence-electron chi connectivity index (χ2n) is 5.62. The van der Waals surface area contributed by atoms with Crippen molar-refractivity contribution in [1.82, 2.24) is 0 Å². The molecule has 0 aromatic rings. The van der Waals surface area contributed by atoms with Crippen LogP contribution in [0.15, 0.2) is 0 Å². The van der Waals surface area contributed by atoms with Gasteiger partial charge in [0.25, 0.3) is 0 Å². The predicted molar refractivity (Wildman–Crippen MR) is 67.4 cm³/mol. The van der Waals surface area contributed by atoms with Gasteiger partial charge in [-0.3, -0.25) is 4.79 Å². The molecule has 0 N–H and O–H groups in total. The van der Waals surface area contributed by atoms with Gasteiger partial charge < -0.3 is 4.79 Å². The zero-order valence-corrected chi connectivity index (χ0v) is 11.2. The van der Waals surface area contributed by atoms with Crippen LogP contribution in [0, 0.1) is 11.3 Å². The monoisotopic (exact) mass is 226 g/mol. The average molecular weight is 226 g/mol. The molecule has 16 heavy (non-hydrogen) atoms. The predicted octanol–water partition coefficient (Wildman–Crippen LogP) is 3.78. The minimum Gasteiger partial charge on any atom is -0.303 e. The topological polar surface area (TPSA) is 34.1 Å². The summed E-state index contributed by atoms with van der Waals surface area (Å²) < 4.78 is 0. The molecule has 0 rings (SSSR count). The SMILES string of the molecule is CCCCCC[C@@H](C=O)CC(=O)C(C)(C)C.